The van der Waals surface area contributed by atoms with Gasteiger partial charge >= 0.3 is 0 Å². The summed E-state index contributed by atoms with van der Waals surface area (Å²) in [5, 5.41) is 4.31. The average Bonchev–Trinajstić information content (AvgIpc) is 3.13. The van der Waals surface area contributed by atoms with E-state index in [9.17, 15) is 13.6 Å². The zero-order chi connectivity index (χ0) is 18.5. The van der Waals surface area contributed by atoms with Crippen LogP contribution in [0.1, 0.15) is 16.1 Å². The van der Waals surface area contributed by atoms with Gasteiger partial charge in [-0.05, 0) is 18.2 Å². The van der Waals surface area contributed by atoms with E-state index < -0.39 is 23.3 Å². The number of hydrogen-bond acceptors (Lipinski definition) is 5. The molecule has 134 valence electrons. The van der Waals surface area contributed by atoms with Crippen LogP contribution in [0.4, 0.5) is 14.5 Å². The highest BCUT2D eigenvalue weighted by atomic mass is 32.1. The van der Waals surface area contributed by atoms with Crippen molar-refractivity contribution in [3.63, 3.8) is 0 Å². The predicted octanol–water partition coefficient (Wildman–Crippen LogP) is 4.26. The Bertz CT molecular complexity index is 894. The molecule has 0 atom stereocenters. The zero-order valence-electron chi connectivity index (χ0n) is 13.7. The summed E-state index contributed by atoms with van der Waals surface area (Å²) < 4.78 is 37.6. The van der Waals surface area contributed by atoms with Crippen LogP contribution < -0.4 is 14.8 Å². The second-order valence-corrected chi connectivity index (χ2v) is 5.94. The van der Waals surface area contributed by atoms with Gasteiger partial charge in [0.15, 0.2) is 17.4 Å². The molecular formula is C18H14F2N2O3S. The summed E-state index contributed by atoms with van der Waals surface area (Å²) in [5.41, 5.74) is 2.77. The molecule has 3 aromatic rings. The van der Waals surface area contributed by atoms with Gasteiger partial charge in [-0.1, -0.05) is 6.07 Å². The average molecular weight is 376 g/mol. The number of amides is 1. The molecule has 0 saturated heterocycles. The van der Waals surface area contributed by atoms with Crippen molar-refractivity contribution in [1.29, 1.82) is 0 Å². The highest BCUT2D eigenvalue weighted by Gasteiger charge is 2.14. The lowest BCUT2D eigenvalue weighted by Crippen LogP contribution is -2.12. The Morgan fingerprint density at radius 3 is 2.65 bits per heavy atom. The first-order chi connectivity index (χ1) is 12.6. The molecule has 0 saturated carbocycles. The summed E-state index contributed by atoms with van der Waals surface area (Å²) in [6.07, 6.45) is 0. The van der Waals surface area contributed by atoms with Crippen LogP contribution in [0.15, 0.2) is 47.3 Å². The fourth-order valence-electron chi connectivity index (χ4n) is 2.22. The van der Waals surface area contributed by atoms with Gasteiger partial charge in [0.1, 0.15) is 12.4 Å². The van der Waals surface area contributed by atoms with Gasteiger partial charge < -0.3 is 14.8 Å². The van der Waals surface area contributed by atoms with Gasteiger partial charge in [-0.15, -0.1) is 11.3 Å². The second-order valence-electron chi connectivity index (χ2n) is 5.22. The molecule has 1 heterocycles. The smallest absolute Gasteiger partial charge is 0.255 e. The van der Waals surface area contributed by atoms with Gasteiger partial charge in [0.25, 0.3) is 5.91 Å². The third-order valence-electron chi connectivity index (χ3n) is 3.43. The quantitative estimate of drug-likeness (QED) is 0.698. The molecule has 0 bridgehead atoms. The Morgan fingerprint density at radius 1 is 1.23 bits per heavy atom. The summed E-state index contributed by atoms with van der Waals surface area (Å²) in [5.74, 6) is -2.34. The highest BCUT2D eigenvalue weighted by molar-refractivity contribution is 7.07. The summed E-state index contributed by atoms with van der Waals surface area (Å²) in [7, 11) is 1.16. The number of benzene rings is 2. The number of halogens is 2. The van der Waals surface area contributed by atoms with Crippen molar-refractivity contribution in [3.8, 4) is 11.5 Å². The molecule has 0 spiro atoms. The van der Waals surface area contributed by atoms with Gasteiger partial charge in [-0.25, -0.2) is 13.8 Å². The number of hydrogen-bond donors (Lipinski definition) is 1. The van der Waals surface area contributed by atoms with Crippen LogP contribution in [-0.4, -0.2) is 18.0 Å². The number of carbonyl (C=O) groups excluding carboxylic acids is 1. The van der Waals surface area contributed by atoms with Gasteiger partial charge in [-0.2, -0.15) is 0 Å². The van der Waals surface area contributed by atoms with Crippen molar-refractivity contribution in [1.82, 2.24) is 4.98 Å². The van der Waals surface area contributed by atoms with E-state index >= 15 is 0 Å². The molecule has 1 N–H and O–H groups in total. The molecule has 0 radical (unpaired) electrons. The van der Waals surface area contributed by atoms with Gasteiger partial charge in [-0.3, -0.25) is 4.79 Å². The molecule has 1 aromatic heterocycles. The number of aromatic nitrogens is 1. The Balaban J connectivity index is 1.71. The van der Waals surface area contributed by atoms with E-state index in [4.69, 9.17) is 4.74 Å². The minimum Gasteiger partial charge on any atom is -0.491 e. The fraction of sp³-hybridized carbons (Fsp3) is 0.111. The maximum atomic E-state index is 13.7. The Hall–Kier alpha value is -3.00. The third kappa shape index (κ3) is 4.15. The maximum Gasteiger partial charge on any atom is 0.255 e. The van der Waals surface area contributed by atoms with Crippen LogP contribution in [-0.2, 0) is 6.61 Å². The number of nitrogens with one attached hydrogen (secondary N) is 1. The fourth-order valence-corrected chi connectivity index (χ4v) is 2.77. The monoisotopic (exact) mass is 376 g/mol. The number of methoxy groups -OCH3 is 1. The maximum absolute atomic E-state index is 13.7. The molecule has 1 amide bonds. The molecule has 26 heavy (non-hydrogen) atoms. The van der Waals surface area contributed by atoms with Crippen molar-refractivity contribution in [2.24, 2.45) is 0 Å². The molecule has 5 nitrogen and oxygen atoms in total. The van der Waals surface area contributed by atoms with Crippen molar-refractivity contribution >= 4 is 22.9 Å². The molecule has 0 aliphatic carbocycles. The number of thiazole rings is 1. The van der Waals surface area contributed by atoms with E-state index in [0.29, 0.717) is 5.75 Å². The highest BCUT2D eigenvalue weighted by Crippen LogP contribution is 2.26. The summed E-state index contributed by atoms with van der Waals surface area (Å²) in [6, 6.07) is 8.44. The number of anilines is 1. The summed E-state index contributed by atoms with van der Waals surface area (Å²) in [6.45, 7) is 0.281. The normalized spacial score (nSPS) is 10.4. The van der Waals surface area contributed by atoms with Gasteiger partial charge in [0, 0.05) is 28.8 Å². The molecule has 3 rings (SSSR count). The Labute approximate surface area is 152 Å². The first-order valence-corrected chi connectivity index (χ1v) is 8.45. The van der Waals surface area contributed by atoms with Crippen molar-refractivity contribution in [3.05, 3.63) is 70.2 Å². The lowest BCUT2D eigenvalue weighted by atomic mass is 10.2. The number of rotatable bonds is 6. The molecule has 0 fully saturated rings. The van der Waals surface area contributed by atoms with Crippen LogP contribution in [0.5, 0.6) is 11.5 Å². The third-order valence-corrected chi connectivity index (χ3v) is 4.06. The number of nitrogens with zero attached hydrogens (tertiary/aromatic N) is 1. The molecule has 0 aliphatic heterocycles. The molecule has 8 heteroatoms. The van der Waals surface area contributed by atoms with Crippen LogP contribution in [0.25, 0.3) is 0 Å². The second kappa shape index (κ2) is 7.92. The van der Waals surface area contributed by atoms with Crippen LogP contribution in [0, 0.1) is 11.6 Å². The number of carbonyl (C=O) groups is 1. The SMILES string of the molecule is COc1c(F)cc(NC(=O)c2cccc(OCc3cscn3)c2)cc1F. The van der Waals surface area contributed by atoms with Gasteiger partial charge in [0.2, 0.25) is 0 Å². The van der Waals surface area contributed by atoms with Crippen molar-refractivity contribution in [2.75, 3.05) is 12.4 Å². The molecule has 0 unspecified atom stereocenters. The van der Waals surface area contributed by atoms with Crippen LogP contribution in [0.2, 0.25) is 0 Å². The summed E-state index contributed by atoms with van der Waals surface area (Å²) >= 11 is 1.46. The van der Waals surface area contributed by atoms with E-state index in [1.165, 1.54) is 17.4 Å². The minimum absolute atomic E-state index is 0.0143. The Morgan fingerprint density at radius 2 is 2.00 bits per heavy atom. The predicted molar refractivity (Wildman–Crippen MR) is 93.8 cm³/mol. The van der Waals surface area contributed by atoms with Crippen molar-refractivity contribution < 1.29 is 23.0 Å². The molecule has 2 aromatic carbocycles. The minimum atomic E-state index is -0.900. The van der Waals surface area contributed by atoms with E-state index in [1.807, 2.05) is 5.38 Å². The van der Waals surface area contributed by atoms with Gasteiger partial charge in [0.05, 0.1) is 18.3 Å². The standard InChI is InChI=1S/C18H14F2N2O3S/c1-24-17-15(19)6-12(7-16(17)20)22-18(23)11-3-2-4-14(5-11)25-8-13-9-26-10-21-13/h2-7,9-10H,8H2,1H3,(H,22,23). The van der Waals surface area contributed by atoms with E-state index in [2.05, 4.69) is 15.0 Å². The number of ether oxygens (including phenoxy) is 2. The lowest BCUT2D eigenvalue weighted by molar-refractivity contribution is 0.102. The largest absolute Gasteiger partial charge is 0.491 e. The van der Waals surface area contributed by atoms with E-state index in [-0.39, 0.29) is 17.9 Å². The topological polar surface area (TPSA) is 60.5 Å². The van der Waals surface area contributed by atoms with E-state index in [0.717, 1.165) is 24.9 Å². The summed E-state index contributed by atoms with van der Waals surface area (Å²) in [4.78, 5) is 16.4. The van der Waals surface area contributed by atoms with E-state index in [1.54, 1.807) is 23.7 Å². The van der Waals surface area contributed by atoms with Crippen LogP contribution in [0.3, 0.4) is 0 Å². The first-order valence-electron chi connectivity index (χ1n) is 7.51. The molecule has 0 aliphatic rings. The lowest BCUT2D eigenvalue weighted by Gasteiger charge is -2.10. The Kier molecular flexibility index (Phi) is 5.43. The van der Waals surface area contributed by atoms with Crippen molar-refractivity contribution in [2.45, 2.75) is 6.61 Å². The molecular weight excluding hydrogens is 362 g/mol. The van der Waals surface area contributed by atoms with Crippen LogP contribution >= 0.6 is 11.3 Å². The first kappa shape index (κ1) is 17.8. The zero-order valence-corrected chi connectivity index (χ0v) is 14.5.